The fourth-order valence-corrected chi connectivity index (χ4v) is 3.33. The number of thiophene rings is 1. The highest BCUT2D eigenvalue weighted by molar-refractivity contribution is 7.11. The highest BCUT2D eigenvalue weighted by Crippen LogP contribution is 2.21. The third-order valence-electron chi connectivity index (χ3n) is 3.64. The summed E-state index contributed by atoms with van der Waals surface area (Å²) in [6, 6.07) is 17.3. The molecule has 0 aliphatic heterocycles. The van der Waals surface area contributed by atoms with Gasteiger partial charge in [-0.25, -0.2) is 0 Å². The van der Waals surface area contributed by atoms with E-state index >= 15 is 0 Å². The minimum absolute atomic E-state index is 0.906. The van der Waals surface area contributed by atoms with E-state index in [0.717, 1.165) is 30.8 Å². The van der Waals surface area contributed by atoms with Gasteiger partial charge in [0.05, 0.1) is 0 Å². The molecule has 0 unspecified atom stereocenters. The lowest BCUT2D eigenvalue weighted by Crippen LogP contribution is -1.89. The van der Waals surface area contributed by atoms with Crippen LogP contribution in [0.5, 0.6) is 0 Å². The van der Waals surface area contributed by atoms with Crippen molar-refractivity contribution in [1.29, 1.82) is 0 Å². The molecular formula is C19H20OS. The van der Waals surface area contributed by atoms with Crippen molar-refractivity contribution in [3.63, 3.8) is 0 Å². The fraction of sp³-hybridized carbons (Fsp3) is 0.263. The number of aryl methyl sites for hydroxylation is 4. The van der Waals surface area contributed by atoms with Gasteiger partial charge in [0.1, 0.15) is 11.5 Å². The SMILES string of the molecule is Cc1ccc(CCc2ccc(Cc3ccc(C)s3)o2)cc1. The Kier molecular flexibility index (Phi) is 4.26. The summed E-state index contributed by atoms with van der Waals surface area (Å²) in [6.07, 6.45) is 2.90. The Morgan fingerprint density at radius 2 is 1.57 bits per heavy atom. The van der Waals surface area contributed by atoms with E-state index in [2.05, 4.69) is 62.4 Å². The number of hydrogen-bond donors (Lipinski definition) is 0. The number of benzene rings is 1. The molecule has 1 nitrogen and oxygen atoms in total. The fourth-order valence-electron chi connectivity index (χ4n) is 2.43. The second kappa shape index (κ2) is 6.31. The largest absolute Gasteiger partial charge is 0.466 e. The molecule has 0 bridgehead atoms. The molecule has 0 amide bonds. The Morgan fingerprint density at radius 1 is 0.810 bits per heavy atom. The van der Waals surface area contributed by atoms with Gasteiger partial charge in [-0.1, -0.05) is 29.8 Å². The third kappa shape index (κ3) is 3.85. The highest BCUT2D eigenvalue weighted by atomic mass is 32.1. The molecule has 1 aromatic carbocycles. The Hall–Kier alpha value is -1.80. The topological polar surface area (TPSA) is 13.1 Å². The van der Waals surface area contributed by atoms with E-state index in [4.69, 9.17) is 4.42 Å². The zero-order valence-electron chi connectivity index (χ0n) is 12.6. The maximum absolute atomic E-state index is 5.95. The minimum Gasteiger partial charge on any atom is -0.466 e. The Balaban J connectivity index is 1.58. The van der Waals surface area contributed by atoms with Gasteiger partial charge in [-0.3, -0.25) is 0 Å². The first-order valence-corrected chi connectivity index (χ1v) is 8.19. The van der Waals surface area contributed by atoms with Crippen LogP contribution in [0.3, 0.4) is 0 Å². The van der Waals surface area contributed by atoms with Crippen molar-refractivity contribution in [2.45, 2.75) is 33.1 Å². The molecule has 0 aliphatic rings. The quantitative estimate of drug-likeness (QED) is 0.620. The van der Waals surface area contributed by atoms with Crippen LogP contribution in [0.25, 0.3) is 0 Å². The predicted octanol–water partition coefficient (Wildman–Crippen LogP) is 5.33. The summed E-state index contributed by atoms with van der Waals surface area (Å²) in [5.41, 5.74) is 2.68. The van der Waals surface area contributed by atoms with Gasteiger partial charge >= 0.3 is 0 Å². The third-order valence-corrected chi connectivity index (χ3v) is 4.64. The normalized spacial score (nSPS) is 11.0. The molecule has 0 saturated heterocycles. The molecule has 0 fully saturated rings. The summed E-state index contributed by atoms with van der Waals surface area (Å²) in [6.45, 7) is 4.26. The summed E-state index contributed by atoms with van der Waals surface area (Å²) >= 11 is 1.84. The molecule has 3 aromatic rings. The maximum Gasteiger partial charge on any atom is 0.109 e. The monoisotopic (exact) mass is 296 g/mol. The number of furan rings is 1. The lowest BCUT2D eigenvalue weighted by atomic mass is 10.1. The van der Waals surface area contributed by atoms with E-state index in [-0.39, 0.29) is 0 Å². The second-order valence-corrected chi connectivity index (χ2v) is 6.92. The van der Waals surface area contributed by atoms with E-state index in [9.17, 15) is 0 Å². The van der Waals surface area contributed by atoms with Gasteiger partial charge < -0.3 is 4.42 Å². The van der Waals surface area contributed by atoms with Crippen molar-refractivity contribution in [1.82, 2.24) is 0 Å². The Morgan fingerprint density at radius 3 is 2.29 bits per heavy atom. The highest BCUT2D eigenvalue weighted by Gasteiger charge is 2.05. The Bertz CT molecular complexity index is 703. The molecule has 108 valence electrons. The van der Waals surface area contributed by atoms with Crippen molar-refractivity contribution in [3.05, 3.63) is 80.9 Å². The van der Waals surface area contributed by atoms with Gasteiger partial charge in [0.2, 0.25) is 0 Å². The number of hydrogen-bond acceptors (Lipinski definition) is 2. The molecule has 0 N–H and O–H groups in total. The van der Waals surface area contributed by atoms with Crippen molar-refractivity contribution < 1.29 is 4.42 Å². The lowest BCUT2D eigenvalue weighted by molar-refractivity contribution is 0.473. The molecule has 2 aromatic heterocycles. The van der Waals surface area contributed by atoms with Crippen molar-refractivity contribution in [3.8, 4) is 0 Å². The van der Waals surface area contributed by atoms with Crippen LogP contribution in [-0.2, 0) is 19.3 Å². The number of rotatable bonds is 5. The smallest absolute Gasteiger partial charge is 0.109 e. The first-order chi connectivity index (χ1) is 10.2. The van der Waals surface area contributed by atoms with Crippen molar-refractivity contribution in [2.75, 3.05) is 0 Å². The second-order valence-electron chi connectivity index (χ2n) is 5.54. The van der Waals surface area contributed by atoms with Gasteiger partial charge in [-0.2, -0.15) is 0 Å². The van der Waals surface area contributed by atoms with Gasteiger partial charge in [0, 0.05) is 22.6 Å². The van der Waals surface area contributed by atoms with Gasteiger partial charge in [0.15, 0.2) is 0 Å². The minimum atomic E-state index is 0.906. The van der Waals surface area contributed by atoms with Crippen LogP contribution in [0.15, 0.2) is 52.9 Å². The maximum atomic E-state index is 5.95. The zero-order chi connectivity index (χ0) is 14.7. The van der Waals surface area contributed by atoms with Crippen LogP contribution in [0, 0.1) is 13.8 Å². The van der Waals surface area contributed by atoms with Crippen LogP contribution in [0.1, 0.15) is 32.4 Å². The standard InChI is InChI=1S/C19H20OS/c1-14-3-6-16(7-4-14)8-9-17-10-11-18(20-17)13-19-12-5-15(2)21-19/h3-7,10-12H,8-9,13H2,1-2H3. The van der Waals surface area contributed by atoms with E-state index in [0.29, 0.717) is 0 Å². The Labute approximate surface area is 130 Å². The summed E-state index contributed by atoms with van der Waals surface area (Å²) in [5.74, 6) is 2.15. The summed E-state index contributed by atoms with van der Waals surface area (Å²) in [5, 5.41) is 0. The van der Waals surface area contributed by atoms with E-state index < -0.39 is 0 Å². The van der Waals surface area contributed by atoms with Gasteiger partial charge in [-0.15, -0.1) is 11.3 Å². The summed E-state index contributed by atoms with van der Waals surface area (Å²) in [4.78, 5) is 2.73. The van der Waals surface area contributed by atoms with E-state index in [1.54, 1.807) is 0 Å². The molecule has 2 heterocycles. The van der Waals surface area contributed by atoms with Crippen LogP contribution in [0.4, 0.5) is 0 Å². The molecule has 2 heteroatoms. The molecule has 0 radical (unpaired) electrons. The average molecular weight is 296 g/mol. The van der Waals surface area contributed by atoms with Crippen LogP contribution in [-0.4, -0.2) is 0 Å². The summed E-state index contributed by atoms with van der Waals surface area (Å²) in [7, 11) is 0. The molecule has 0 aliphatic carbocycles. The molecular weight excluding hydrogens is 276 g/mol. The van der Waals surface area contributed by atoms with E-state index in [1.807, 2.05) is 11.3 Å². The molecule has 0 spiro atoms. The average Bonchev–Trinajstić information content (AvgIpc) is 3.08. The molecule has 0 saturated carbocycles. The molecule has 3 rings (SSSR count). The van der Waals surface area contributed by atoms with Crippen molar-refractivity contribution >= 4 is 11.3 Å². The molecule has 21 heavy (non-hydrogen) atoms. The van der Waals surface area contributed by atoms with Gasteiger partial charge in [-0.05, 0) is 50.1 Å². The van der Waals surface area contributed by atoms with E-state index in [1.165, 1.54) is 20.9 Å². The summed E-state index contributed by atoms with van der Waals surface area (Å²) < 4.78 is 5.95. The van der Waals surface area contributed by atoms with Crippen molar-refractivity contribution in [2.24, 2.45) is 0 Å². The zero-order valence-corrected chi connectivity index (χ0v) is 13.4. The molecule has 0 atom stereocenters. The first kappa shape index (κ1) is 14.2. The first-order valence-electron chi connectivity index (χ1n) is 7.37. The van der Waals surface area contributed by atoms with Crippen LogP contribution >= 0.6 is 11.3 Å². The van der Waals surface area contributed by atoms with Gasteiger partial charge in [0.25, 0.3) is 0 Å². The van der Waals surface area contributed by atoms with Crippen LogP contribution < -0.4 is 0 Å². The lowest BCUT2D eigenvalue weighted by Gasteiger charge is -2.00. The predicted molar refractivity (Wildman–Crippen MR) is 89.2 cm³/mol. The van der Waals surface area contributed by atoms with Crippen LogP contribution in [0.2, 0.25) is 0 Å².